The van der Waals surface area contributed by atoms with E-state index in [1.54, 1.807) is 44.1 Å². The van der Waals surface area contributed by atoms with Crippen LogP contribution in [0.2, 0.25) is 0 Å². The van der Waals surface area contributed by atoms with Gasteiger partial charge in [0.05, 0.1) is 11.9 Å². The van der Waals surface area contributed by atoms with Gasteiger partial charge in [0, 0.05) is 11.9 Å². The Labute approximate surface area is 94.4 Å². The molecule has 15 heavy (non-hydrogen) atoms. The van der Waals surface area contributed by atoms with E-state index in [4.69, 9.17) is 11.6 Å². The normalized spacial score (nSPS) is 12.7. The Bertz CT molecular complexity index is 343. The Morgan fingerprint density at radius 2 is 2.27 bits per heavy atom. The van der Waals surface area contributed by atoms with Crippen molar-refractivity contribution < 1.29 is 4.39 Å². The molecule has 0 aliphatic carbocycles. The van der Waals surface area contributed by atoms with Crippen LogP contribution >= 0.6 is 11.6 Å². The first-order chi connectivity index (χ1) is 6.96. The average molecular weight is 229 g/mol. The summed E-state index contributed by atoms with van der Waals surface area (Å²) < 4.78 is 12.6. The molecule has 1 aromatic rings. The van der Waals surface area contributed by atoms with Gasteiger partial charge < -0.3 is 4.90 Å². The van der Waals surface area contributed by atoms with E-state index in [1.165, 1.54) is 0 Å². The molecule has 0 N–H and O–H groups in total. The third kappa shape index (κ3) is 2.93. The lowest BCUT2D eigenvalue weighted by molar-refractivity contribution is 0.643. The van der Waals surface area contributed by atoms with Crippen LogP contribution in [-0.4, -0.2) is 9.98 Å². The summed E-state index contributed by atoms with van der Waals surface area (Å²) in [6.07, 6.45) is 3.85. The van der Waals surface area contributed by atoms with Crippen molar-refractivity contribution >= 4 is 17.3 Å². The summed E-state index contributed by atoms with van der Waals surface area (Å²) in [7, 11) is 0. The number of pyridine rings is 1. The van der Waals surface area contributed by atoms with Crippen LogP contribution in [0.1, 0.15) is 20.8 Å². The van der Waals surface area contributed by atoms with Gasteiger partial charge in [-0.15, -0.1) is 0 Å². The smallest absolute Gasteiger partial charge is 0.113 e. The molecule has 1 heterocycles. The average Bonchev–Trinajstić information content (AvgIpc) is 2.17. The minimum absolute atomic E-state index is 0.447. The fraction of sp³-hybridized carbons (Fsp3) is 0.364. The van der Waals surface area contributed by atoms with Crippen LogP contribution in [0.15, 0.2) is 36.6 Å². The first-order valence-electron chi connectivity index (χ1n) is 4.63. The highest BCUT2D eigenvalue weighted by atomic mass is 35.5. The zero-order valence-corrected chi connectivity index (χ0v) is 9.79. The van der Waals surface area contributed by atoms with E-state index in [9.17, 15) is 4.39 Å². The lowest BCUT2D eigenvalue weighted by Crippen LogP contribution is -2.37. The van der Waals surface area contributed by atoms with Crippen LogP contribution in [0.25, 0.3) is 0 Å². The van der Waals surface area contributed by atoms with E-state index in [1.807, 2.05) is 6.07 Å². The Kier molecular flexibility index (Phi) is 3.69. The number of nitrogens with zero attached hydrogens (tertiary/aromatic N) is 2. The quantitative estimate of drug-likeness (QED) is 0.579. The maximum atomic E-state index is 12.6. The molecule has 0 aliphatic rings. The topological polar surface area (TPSA) is 16.1 Å². The number of anilines is 1. The number of aromatic nitrogens is 1. The number of hydrogen-bond donors (Lipinski definition) is 0. The summed E-state index contributed by atoms with van der Waals surface area (Å²) in [5.74, 6) is 0. The summed E-state index contributed by atoms with van der Waals surface area (Å²) in [5, 5.41) is 0. The molecule has 82 valence electrons. The van der Waals surface area contributed by atoms with Gasteiger partial charge in [-0.1, -0.05) is 11.6 Å². The number of hydrogen-bond acceptors (Lipinski definition) is 2. The summed E-state index contributed by atoms with van der Waals surface area (Å²) in [6.45, 7) is 5.26. The van der Waals surface area contributed by atoms with Crippen molar-refractivity contribution in [1.29, 1.82) is 0 Å². The third-order valence-electron chi connectivity index (χ3n) is 1.95. The molecule has 0 saturated carbocycles. The Morgan fingerprint density at radius 3 is 2.67 bits per heavy atom. The number of rotatable bonds is 3. The first-order valence-corrected chi connectivity index (χ1v) is 5.01. The molecule has 0 unspecified atom stereocenters. The fourth-order valence-corrected chi connectivity index (χ4v) is 1.70. The van der Waals surface area contributed by atoms with E-state index >= 15 is 0 Å². The fourth-order valence-electron chi connectivity index (χ4n) is 1.46. The van der Waals surface area contributed by atoms with Crippen LogP contribution in [-0.2, 0) is 0 Å². The predicted octanol–water partition coefficient (Wildman–Crippen LogP) is 3.69. The minimum Gasteiger partial charge on any atom is -0.323 e. The number of halogens is 2. The highest BCUT2D eigenvalue weighted by Crippen LogP contribution is 2.30. The van der Waals surface area contributed by atoms with Gasteiger partial charge in [0.1, 0.15) is 11.3 Å². The van der Waals surface area contributed by atoms with Gasteiger partial charge in [-0.25, -0.2) is 4.39 Å². The van der Waals surface area contributed by atoms with Gasteiger partial charge in [-0.2, -0.15) is 0 Å². The van der Waals surface area contributed by atoms with Crippen molar-refractivity contribution in [1.82, 2.24) is 4.98 Å². The molecule has 0 aliphatic heterocycles. The number of alkyl halides is 1. The van der Waals surface area contributed by atoms with Gasteiger partial charge in [0.15, 0.2) is 0 Å². The molecule has 0 aromatic carbocycles. The lowest BCUT2D eigenvalue weighted by Gasteiger charge is -2.35. The zero-order chi connectivity index (χ0) is 11.5. The summed E-state index contributed by atoms with van der Waals surface area (Å²) in [6, 6.07) is 3.63. The lowest BCUT2D eigenvalue weighted by atomic mass is 10.2. The molecule has 4 heteroatoms. The van der Waals surface area contributed by atoms with Crippen LogP contribution in [0, 0.1) is 0 Å². The maximum absolute atomic E-state index is 12.6. The maximum Gasteiger partial charge on any atom is 0.113 e. The largest absolute Gasteiger partial charge is 0.323 e. The summed E-state index contributed by atoms with van der Waals surface area (Å²) >= 11 is 6.20. The molecule has 0 spiro atoms. The van der Waals surface area contributed by atoms with E-state index < -0.39 is 5.00 Å². The van der Waals surface area contributed by atoms with Crippen LogP contribution in [0.5, 0.6) is 0 Å². The molecule has 0 fully saturated rings. The Balaban J connectivity index is 3.14. The summed E-state index contributed by atoms with van der Waals surface area (Å²) in [4.78, 5) is 4.97. The zero-order valence-electron chi connectivity index (χ0n) is 9.04. The van der Waals surface area contributed by atoms with E-state index in [-0.39, 0.29) is 0 Å². The predicted molar refractivity (Wildman–Crippen MR) is 61.5 cm³/mol. The van der Waals surface area contributed by atoms with Crippen molar-refractivity contribution in [3.05, 3.63) is 36.6 Å². The van der Waals surface area contributed by atoms with Gasteiger partial charge in [0.2, 0.25) is 0 Å². The van der Waals surface area contributed by atoms with Crippen molar-refractivity contribution in [2.24, 2.45) is 0 Å². The van der Waals surface area contributed by atoms with Gasteiger partial charge in [0.25, 0.3) is 0 Å². The molecule has 0 radical (unpaired) electrons. The van der Waals surface area contributed by atoms with E-state index in [2.05, 4.69) is 4.98 Å². The Hall–Kier alpha value is -1.09. The number of allylic oxidation sites excluding steroid dienone is 1. The molecule has 0 saturated heterocycles. The standard InChI is InChI=1S/C11H14ClFN2/c1-9(7-13)15(11(2,3)12)10-5-4-6-14-8-10/h4-8H,1-3H3/b9-7-. The second-order valence-corrected chi connectivity index (χ2v) is 4.63. The van der Waals surface area contributed by atoms with Crippen molar-refractivity contribution in [2.75, 3.05) is 4.90 Å². The molecular formula is C11H14ClFN2. The molecule has 0 amide bonds. The second kappa shape index (κ2) is 4.62. The second-order valence-electron chi connectivity index (χ2n) is 3.71. The SMILES string of the molecule is C/C(=C/F)N(c1cccnc1)C(C)(C)Cl. The van der Waals surface area contributed by atoms with Gasteiger partial charge >= 0.3 is 0 Å². The van der Waals surface area contributed by atoms with Crippen molar-refractivity contribution in [2.45, 2.75) is 25.8 Å². The molecule has 1 rings (SSSR count). The molecule has 1 aromatic heterocycles. The minimum atomic E-state index is -0.699. The van der Waals surface area contributed by atoms with Crippen LogP contribution in [0.4, 0.5) is 10.1 Å². The highest BCUT2D eigenvalue weighted by molar-refractivity contribution is 6.25. The van der Waals surface area contributed by atoms with Crippen LogP contribution < -0.4 is 4.90 Å². The third-order valence-corrected chi connectivity index (χ3v) is 2.12. The molecule has 2 nitrogen and oxygen atoms in total. The van der Waals surface area contributed by atoms with E-state index in [0.29, 0.717) is 12.0 Å². The molecule has 0 bridgehead atoms. The van der Waals surface area contributed by atoms with E-state index in [0.717, 1.165) is 5.69 Å². The molecular weight excluding hydrogens is 215 g/mol. The van der Waals surface area contributed by atoms with Crippen molar-refractivity contribution in [3.63, 3.8) is 0 Å². The van der Waals surface area contributed by atoms with Crippen molar-refractivity contribution in [3.8, 4) is 0 Å². The van der Waals surface area contributed by atoms with Gasteiger partial charge in [-0.3, -0.25) is 4.98 Å². The first kappa shape index (κ1) is 12.0. The Morgan fingerprint density at radius 1 is 1.60 bits per heavy atom. The summed E-state index contributed by atoms with van der Waals surface area (Å²) in [5.41, 5.74) is 1.21. The van der Waals surface area contributed by atoms with Crippen LogP contribution in [0.3, 0.4) is 0 Å². The van der Waals surface area contributed by atoms with Gasteiger partial charge in [-0.05, 0) is 32.9 Å². The monoisotopic (exact) mass is 228 g/mol. The molecule has 0 atom stereocenters. The highest BCUT2D eigenvalue weighted by Gasteiger charge is 2.25.